The quantitative estimate of drug-likeness (QED) is 0.589. The predicted octanol–water partition coefficient (Wildman–Crippen LogP) is 3.30. The molecule has 2 heterocycles. The zero-order chi connectivity index (χ0) is 20.3. The minimum atomic E-state index is -2.83. The van der Waals surface area contributed by atoms with Crippen LogP contribution in [0.1, 0.15) is 32.3 Å². The number of nitrogens with zero attached hydrogens (tertiary/aromatic N) is 3. The molecule has 0 aliphatic carbocycles. The maximum atomic E-state index is 12.3. The van der Waals surface area contributed by atoms with Crippen LogP contribution in [0.3, 0.4) is 0 Å². The maximum absolute atomic E-state index is 12.3. The molecule has 1 aromatic heterocycles. The van der Waals surface area contributed by atoms with Crippen molar-refractivity contribution in [1.82, 2.24) is 15.1 Å². The van der Waals surface area contributed by atoms with E-state index in [1.165, 1.54) is 6.20 Å². The number of carbonyl (C=O) groups excluding carboxylic acids is 1. The highest BCUT2D eigenvalue weighted by molar-refractivity contribution is 8.24. The van der Waals surface area contributed by atoms with E-state index in [1.807, 2.05) is 19.1 Å². The summed E-state index contributed by atoms with van der Waals surface area (Å²) in [7, 11) is -2.83. The number of aromatic nitrogens is 2. The number of nitrogens with one attached hydrogen (secondary N) is 1. The first-order valence-corrected chi connectivity index (χ1v) is 10.8. The number of amides is 1. The van der Waals surface area contributed by atoms with Gasteiger partial charge in [0, 0.05) is 29.9 Å². The van der Waals surface area contributed by atoms with Gasteiger partial charge in [0.05, 0.1) is 28.7 Å². The molecule has 0 bridgehead atoms. The summed E-state index contributed by atoms with van der Waals surface area (Å²) in [6.45, 7) is 4.32. The normalized spacial score (nSPS) is 14.6. The van der Waals surface area contributed by atoms with E-state index in [-0.39, 0.29) is 18.1 Å². The average molecular weight is 404 g/mol. The van der Waals surface area contributed by atoms with Gasteiger partial charge < -0.3 is 11.1 Å². The molecule has 5 N–H and O–H groups in total. The van der Waals surface area contributed by atoms with Gasteiger partial charge in [0.15, 0.2) is 0 Å². The van der Waals surface area contributed by atoms with Gasteiger partial charge in [0.2, 0.25) is 5.91 Å². The third-order valence-electron chi connectivity index (χ3n) is 4.41. The summed E-state index contributed by atoms with van der Waals surface area (Å²) in [5.74, 6) is 0.450. The van der Waals surface area contributed by atoms with Crippen molar-refractivity contribution < 1.29 is 13.9 Å². The number of nitrogens with two attached hydrogens (primary N) is 1. The fourth-order valence-electron chi connectivity index (χ4n) is 2.80. The number of fused-ring (bicyclic) bond motifs is 1. The Hall–Kier alpha value is -2.62. The number of benzene rings is 1. The van der Waals surface area contributed by atoms with Crippen molar-refractivity contribution in [3.05, 3.63) is 41.7 Å². The summed E-state index contributed by atoms with van der Waals surface area (Å²) < 4.78 is 21.7. The fourth-order valence-corrected chi connectivity index (χ4v) is 3.62. The highest BCUT2D eigenvalue weighted by Gasteiger charge is 2.18. The van der Waals surface area contributed by atoms with Crippen LogP contribution >= 0.6 is 10.6 Å². The Morgan fingerprint density at radius 1 is 1.36 bits per heavy atom. The molecule has 1 amide bonds. The van der Waals surface area contributed by atoms with Gasteiger partial charge in [-0.15, -0.1) is 0 Å². The van der Waals surface area contributed by atoms with Crippen LogP contribution in [-0.4, -0.2) is 42.9 Å². The first-order valence-electron chi connectivity index (χ1n) is 9.11. The molecular formula is C19H25N5O3S. The lowest BCUT2D eigenvalue weighted by Gasteiger charge is -2.28. The van der Waals surface area contributed by atoms with Gasteiger partial charge in [-0.05, 0) is 31.6 Å². The van der Waals surface area contributed by atoms with E-state index in [9.17, 15) is 13.9 Å². The molecule has 0 atom stereocenters. The topological polar surface area (TPSA) is 126 Å². The largest absolute Gasteiger partial charge is 0.387 e. The van der Waals surface area contributed by atoms with Crippen molar-refractivity contribution in [3.8, 4) is 5.69 Å². The number of aliphatic imine (C=N–C) groups is 1. The van der Waals surface area contributed by atoms with Gasteiger partial charge in [-0.25, -0.2) is 9.67 Å². The van der Waals surface area contributed by atoms with Crippen LogP contribution in [0.2, 0.25) is 0 Å². The van der Waals surface area contributed by atoms with E-state index < -0.39 is 10.6 Å². The summed E-state index contributed by atoms with van der Waals surface area (Å²) in [6, 6.07) is 5.49. The zero-order valence-corrected chi connectivity index (χ0v) is 16.7. The van der Waals surface area contributed by atoms with E-state index in [0.717, 1.165) is 12.0 Å². The Balaban J connectivity index is 1.94. The molecule has 150 valence electrons. The van der Waals surface area contributed by atoms with Crippen LogP contribution in [0.15, 0.2) is 46.1 Å². The number of hydrogen-bond acceptors (Lipinski definition) is 6. The van der Waals surface area contributed by atoms with Gasteiger partial charge in [0.1, 0.15) is 5.84 Å². The van der Waals surface area contributed by atoms with Crippen LogP contribution in [-0.2, 0) is 4.79 Å². The molecule has 2 aromatic rings. The number of amidine groups is 1. The fraction of sp³-hybridized carbons (Fsp3) is 0.316. The lowest BCUT2D eigenvalue weighted by Crippen LogP contribution is -2.27. The summed E-state index contributed by atoms with van der Waals surface area (Å²) in [5.41, 5.74) is 8.72. The highest BCUT2D eigenvalue weighted by Crippen LogP contribution is 2.47. The molecule has 9 heteroatoms. The second kappa shape index (κ2) is 8.17. The van der Waals surface area contributed by atoms with E-state index in [2.05, 4.69) is 15.4 Å². The van der Waals surface area contributed by atoms with Gasteiger partial charge in [0.25, 0.3) is 0 Å². The minimum absolute atomic E-state index is 0.140. The zero-order valence-electron chi connectivity index (χ0n) is 15.9. The summed E-state index contributed by atoms with van der Waals surface area (Å²) in [6.07, 6.45) is 6.00. The van der Waals surface area contributed by atoms with E-state index >= 15 is 0 Å². The van der Waals surface area contributed by atoms with Crippen LogP contribution in [0.4, 0.5) is 5.69 Å². The van der Waals surface area contributed by atoms with Gasteiger partial charge in [-0.1, -0.05) is 13.0 Å². The summed E-state index contributed by atoms with van der Waals surface area (Å²) in [5, 5.41) is 7.09. The molecule has 0 spiro atoms. The third kappa shape index (κ3) is 4.27. The van der Waals surface area contributed by atoms with Crippen molar-refractivity contribution in [3.63, 3.8) is 0 Å². The molecule has 1 aliphatic heterocycles. The third-order valence-corrected chi connectivity index (χ3v) is 6.18. The lowest BCUT2D eigenvalue weighted by molar-refractivity contribution is -0.117. The smallest absolute Gasteiger partial charge is 0.247 e. The van der Waals surface area contributed by atoms with Crippen molar-refractivity contribution in [2.45, 2.75) is 31.6 Å². The Bertz CT molecular complexity index is 949. The van der Waals surface area contributed by atoms with Crippen LogP contribution in [0.5, 0.6) is 0 Å². The van der Waals surface area contributed by atoms with Gasteiger partial charge in [-0.2, -0.15) is 15.7 Å². The Kier molecular flexibility index (Phi) is 5.87. The SMILES string of the molecule is CCCNC(=O)C1=Cc2ccc(-n3cc(S(O)(O)CC)cn3)cc2N=C(N)C1. The molecule has 1 aliphatic rings. The molecule has 0 saturated heterocycles. The molecule has 8 nitrogen and oxygen atoms in total. The second-order valence-electron chi connectivity index (χ2n) is 6.52. The molecule has 28 heavy (non-hydrogen) atoms. The Labute approximate surface area is 165 Å². The van der Waals surface area contributed by atoms with Crippen molar-refractivity contribution >= 4 is 34.1 Å². The first-order chi connectivity index (χ1) is 13.3. The Morgan fingerprint density at radius 2 is 2.14 bits per heavy atom. The summed E-state index contributed by atoms with van der Waals surface area (Å²) in [4.78, 5) is 17.2. The average Bonchev–Trinajstić information content (AvgIpc) is 3.11. The second-order valence-corrected chi connectivity index (χ2v) is 8.91. The maximum Gasteiger partial charge on any atom is 0.247 e. The van der Waals surface area contributed by atoms with Crippen LogP contribution < -0.4 is 11.1 Å². The number of rotatable bonds is 6. The standard InChI is InChI=1S/C19H25N5O3S/c1-3-7-21-19(25)14-8-13-5-6-15(10-17(13)23-18(20)9-14)24-12-16(11-22-24)28(26,27)4-2/h5-6,8,10-12,26-27H,3-4,7,9H2,1-2H3,(H2,20,23)(H,21,25). The van der Waals surface area contributed by atoms with Crippen molar-refractivity contribution in [2.75, 3.05) is 12.3 Å². The molecular weight excluding hydrogens is 378 g/mol. The van der Waals surface area contributed by atoms with Gasteiger partial charge in [-0.3, -0.25) is 13.9 Å². The highest BCUT2D eigenvalue weighted by atomic mass is 32.3. The van der Waals surface area contributed by atoms with Crippen molar-refractivity contribution in [2.24, 2.45) is 10.7 Å². The molecule has 3 rings (SSSR count). The molecule has 0 saturated carbocycles. The van der Waals surface area contributed by atoms with E-state index in [1.54, 1.807) is 29.9 Å². The van der Waals surface area contributed by atoms with E-state index in [4.69, 9.17) is 5.73 Å². The molecule has 0 fully saturated rings. The number of carbonyl (C=O) groups is 1. The monoisotopic (exact) mass is 403 g/mol. The first kappa shape index (κ1) is 20.1. The Morgan fingerprint density at radius 3 is 2.86 bits per heavy atom. The summed E-state index contributed by atoms with van der Waals surface area (Å²) >= 11 is 0. The lowest BCUT2D eigenvalue weighted by atomic mass is 10.1. The molecule has 0 unspecified atom stereocenters. The van der Waals surface area contributed by atoms with E-state index in [0.29, 0.717) is 34.2 Å². The minimum Gasteiger partial charge on any atom is -0.387 e. The molecule has 1 aromatic carbocycles. The predicted molar refractivity (Wildman–Crippen MR) is 112 cm³/mol. The van der Waals surface area contributed by atoms with Crippen LogP contribution in [0.25, 0.3) is 11.8 Å². The van der Waals surface area contributed by atoms with Gasteiger partial charge >= 0.3 is 0 Å². The van der Waals surface area contributed by atoms with Crippen LogP contribution in [0, 0.1) is 0 Å². The number of hydrogen-bond donors (Lipinski definition) is 4. The van der Waals surface area contributed by atoms with Crippen molar-refractivity contribution in [1.29, 1.82) is 0 Å². The molecule has 0 radical (unpaired) electrons.